The second-order valence-corrected chi connectivity index (χ2v) is 8.90. The quantitative estimate of drug-likeness (QED) is 0.636. The molecule has 3 rings (SSSR count). The summed E-state index contributed by atoms with van der Waals surface area (Å²) in [5.41, 5.74) is 2.53. The SMILES string of the molecule is Cc1ccc(S(=O)(=O)O)cc1.O=S(=O)(Nc1cscn1)c1ccccc1. The molecule has 0 bridgehead atoms. The van der Waals surface area contributed by atoms with Crippen molar-refractivity contribution in [2.45, 2.75) is 16.7 Å². The van der Waals surface area contributed by atoms with Gasteiger partial charge < -0.3 is 0 Å². The molecule has 0 aliphatic carbocycles. The number of nitrogens with zero attached hydrogens (tertiary/aromatic N) is 1. The molecule has 0 amide bonds. The minimum absolute atomic E-state index is 0.0666. The van der Waals surface area contributed by atoms with E-state index in [9.17, 15) is 16.8 Å². The van der Waals surface area contributed by atoms with Crippen molar-refractivity contribution in [2.75, 3.05) is 4.72 Å². The van der Waals surface area contributed by atoms with E-state index < -0.39 is 20.1 Å². The van der Waals surface area contributed by atoms with E-state index in [0.717, 1.165) is 5.56 Å². The molecule has 2 N–H and O–H groups in total. The van der Waals surface area contributed by atoms with Crippen LogP contribution in [-0.4, -0.2) is 26.4 Å². The molecule has 0 atom stereocenters. The molecule has 2 aromatic carbocycles. The smallest absolute Gasteiger partial charge is 0.282 e. The molecule has 0 saturated heterocycles. The highest BCUT2D eigenvalue weighted by atomic mass is 32.2. The van der Waals surface area contributed by atoms with E-state index >= 15 is 0 Å². The molecule has 26 heavy (non-hydrogen) atoms. The third kappa shape index (κ3) is 5.92. The fourth-order valence-electron chi connectivity index (χ4n) is 1.77. The van der Waals surface area contributed by atoms with E-state index in [4.69, 9.17) is 4.55 Å². The molecule has 0 fully saturated rings. The number of aromatic nitrogens is 1. The van der Waals surface area contributed by atoms with E-state index in [1.807, 2.05) is 6.92 Å². The summed E-state index contributed by atoms with van der Waals surface area (Å²) in [6.45, 7) is 1.84. The molecule has 7 nitrogen and oxygen atoms in total. The number of rotatable bonds is 4. The number of nitrogens with one attached hydrogen (secondary N) is 1. The van der Waals surface area contributed by atoms with Crippen LogP contribution < -0.4 is 4.72 Å². The second kappa shape index (κ2) is 8.41. The minimum atomic E-state index is -4.02. The molecule has 1 aromatic heterocycles. The molecular weight excluding hydrogens is 396 g/mol. The van der Waals surface area contributed by atoms with Gasteiger partial charge in [-0.3, -0.25) is 9.27 Å². The van der Waals surface area contributed by atoms with Crippen molar-refractivity contribution in [1.82, 2.24) is 4.98 Å². The van der Waals surface area contributed by atoms with Crippen LogP contribution in [0.2, 0.25) is 0 Å². The van der Waals surface area contributed by atoms with Gasteiger partial charge in [-0.15, -0.1) is 11.3 Å². The third-order valence-electron chi connectivity index (χ3n) is 3.04. The lowest BCUT2D eigenvalue weighted by Gasteiger charge is -2.04. The van der Waals surface area contributed by atoms with Gasteiger partial charge in [0.2, 0.25) is 0 Å². The van der Waals surface area contributed by atoms with Gasteiger partial charge in [-0.05, 0) is 31.2 Å². The van der Waals surface area contributed by atoms with Crippen molar-refractivity contribution < 1.29 is 21.4 Å². The fraction of sp³-hybridized carbons (Fsp3) is 0.0625. The summed E-state index contributed by atoms with van der Waals surface area (Å²) in [7, 11) is -7.51. The third-order valence-corrected chi connectivity index (χ3v) is 5.87. The molecule has 0 saturated carbocycles. The van der Waals surface area contributed by atoms with Gasteiger partial charge in [-0.25, -0.2) is 13.4 Å². The van der Waals surface area contributed by atoms with Crippen molar-refractivity contribution in [3.63, 3.8) is 0 Å². The molecule has 0 spiro atoms. The predicted molar refractivity (Wildman–Crippen MR) is 100 cm³/mol. The number of aryl methyl sites for hydroxylation is 1. The summed E-state index contributed by atoms with van der Waals surface area (Å²) in [4.78, 5) is 4.02. The van der Waals surface area contributed by atoms with Crippen LogP contribution in [0, 0.1) is 6.92 Å². The summed E-state index contributed by atoms with van der Waals surface area (Å²) < 4.78 is 55.4. The number of sulfonamides is 1. The van der Waals surface area contributed by atoms with Gasteiger partial charge in [0.05, 0.1) is 15.3 Å². The van der Waals surface area contributed by atoms with E-state index in [2.05, 4.69) is 9.71 Å². The zero-order valence-corrected chi connectivity index (χ0v) is 16.1. The van der Waals surface area contributed by atoms with Crippen LogP contribution in [0.5, 0.6) is 0 Å². The van der Waals surface area contributed by atoms with Gasteiger partial charge >= 0.3 is 0 Å². The number of hydrogen-bond donors (Lipinski definition) is 2. The van der Waals surface area contributed by atoms with Gasteiger partial charge in [0, 0.05) is 5.38 Å². The standard InChI is InChI=1S/C9H8N2O2S2.C7H8O3S/c12-15(13,8-4-2-1-3-5-8)11-9-6-14-7-10-9;1-6-2-4-7(5-3-6)11(8,9)10/h1-7,11H;2-5H,1H3,(H,8,9,10). The first-order valence-electron chi connectivity index (χ1n) is 7.19. The van der Waals surface area contributed by atoms with Crippen LogP contribution in [0.3, 0.4) is 0 Å². The molecule has 0 unspecified atom stereocenters. The van der Waals surface area contributed by atoms with Gasteiger partial charge in [0.1, 0.15) is 0 Å². The van der Waals surface area contributed by atoms with Gasteiger partial charge in [0.25, 0.3) is 20.1 Å². The van der Waals surface area contributed by atoms with E-state index in [1.54, 1.807) is 41.2 Å². The maximum Gasteiger partial charge on any atom is 0.294 e. The fourth-order valence-corrected chi connectivity index (χ4v) is 3.83. The van der Waals surface area contributed by atoms with Crippen LogP contribution in [0.1, 0.15) is 5.56 Å². The van der Waals surface area contributed by atoms with Crippen molar-refractivity contribution in [3.05, 3.63) is 71.1 Å². The van der Waals surface area contributed by atoms with Gasteiger partial charge in [-0.1, -0.05) is 35.9 Å². The number of benzene rings is 2. The highest BCUT2D eigenvalue weighted by Gasteiger charge is 2.13. The Morgan fingerprint density at radius 2 is 1.54 bits per heavy atom. The van der Waals surface area contributed by atoms with Crippen LogP contribution in [0.4, 0.5) is 5.82 Å². The van der Waals surface area contributed by atoms with Crippen molar-refractivity contribution in [1.29, 1.82) is 0 Å². The maximum atomic E-state index is 11.8. The second-order valence-electron chi connectivity index (χ2n) is 5.08. The zero-order valence-electron chi connectivity index (χ0n) is 13.6. The summed E-state index contributed by atoms with van der Waals surface area (Å²) in [5.74, 6) is 0.351. The Morgan fingerprint density at radius 3 is 2.04 bits per heavy atom. The highest BCUT2D eigenvalue weighted by Crippen LogP contribution is 2.15. The van der Waals surface area contributed by atoms with Crippen molar-refractivity contribution in [3.8, 4) is 0 Å². The Kier molecular flexibility index (Phi) is 6.48. The van der Waals surface area contributed by atoms with E-state index in [-0.39, 0.29) is 9.79 Å². The van der Waals surface area contributed by atoms with Crippen molar-refractivity contribution in [2.24, 2.45) is 0 Å². The molecule has 0 aliphatic rings. The molecule has 0 radical (unpaired) electrons. The summed E-state index contributed by atoms with van der Waals surface area (Å²) in [6, 6.07) is 14.2. The summed E-state index contributed by atoms with van der Waals surface area (Å²) >= 11 is 1.34. The first kappa shape index (κ1) is 20.0. The highest BCUT2D eigenvalue weighted by molar-refractivity contribution is 7.92. The number of thiazole rings is 1. The number of anilines is 1. The average Bonchev–Trinajstić information content (AvgIpc) is 3.08. The summed E-state index contributed by atoms with van der Waals surface area (Å²) in [6.07, 6.45) is 0. The molecular formula is C16H16N2O5S3. The lowest BCUT2D eigenvalue weighted by Crippen LogP contribution is -2.12. The first-order chi connectivity index (χ1) is 12.2. The Labute approximate surface area is 156 Å². The van der Waals surface area contributed by atoms with Crippen LogP contribution in [0.15, 0.2) is 75.3 Å². The molecule has 0 aliphatic heterocycles. The Morgan fingerprint density at radius 1 is 0.923 bits per heavy atom. The lowest BCUT2D eigenvalue weighted by atomic mass is 10.2. The maximum absolute atomic E-state index is 11.8. The molecule has 10 heteroatoms. The first-order valence-corrected chi connectivity index (χ1v) is 11.1. The van der Waals surface area contributed by atoms with Crippen LogP contribution >= 0.6 is 11.3 Å². The lowest BCUT2D eigenvalue weighted by molar-refractivity contribution is 0.483. The van der Waals surface area contributed by atoms with Crippen molar-refractivity contribution >= 4 is 37.3 Å². The monoisotopic (exact) mass is 412 g/mol. The Bertz CT molecular complexity index is 1030. The molecule has 3 aromatic rings. The van der Waals surface area contributed by atoms with Crippen LogP contribution in [0.25, 0.3) is 0 Å². The average molecular weight is 413 g/mol. The zero-order chi connectivity index (χ0) is 19.2. The Balaban J connectivity index is 0.000000197. The topological polar surface area (TPSA) is 113 Å². The molecule has 138 valence electrons. The molecule has 1 heterocycles. The minimum Gasteiger partial charge on any atom is -0.282 e. The largest absolute Gasteiger partial charge is 0.294 e. The van der Waals surface area contributed by atoms with E-state index in [0.29, 0.717) is 5.82 Å². The Hall–Kier alpha value is -2.27. The predicted octanol–water partition coefficient (Wildman–Crippen LogP) is 3.19. The number of hydrogen-bond acceptors (Lipinski definition) is 6. The normalized spacial score (nSPS) is 11.3. The van der Waals surface area contributed by atoms with Crippen LogP contribution in [-0.2, 0) is 20.1 Å². The van der Waals surface area contributed by atoms with Gasteiger partial charge in [-0.2, -0.15) is 8.42 Å². The summed E-state index contributed by atoms with van der Waals surface area (Å²) in [5, 5.41) is 1.64. The van der Waals surface area contributed by atoms with E-state index in [1.165, 1.54) is 35.6 Å². The van der Waals surface area contributed by atoms with Gasteiger partial charge in [0.15, 0.2) is 5.82 Å².